The van der Waals surface area contributed by atoms with Crippen molar-refractivity contribution in [1.29, 1.82) is 0 Å². The van der Waals surface area contributed by atoms with Crippen molar-refractivity contribution in [3.63, 3.8) is 0 Å². The molecule has 1 saturated heterocycles. The summed E-state index contributed by atoms with van der Waals surface area (Å²) in [5, 5.41) is 9.90. The Morgan fingerprint density at radius 1 is 1.42 bits per heavy atom. The molecule has 0 radical (unpaired) electrons. The van der Waals surface area contributed by atoms with Gasteiger partial charge in [-0.1, -0.05) is 13.5 Å². The lowest BCUT2D eigenvalue weighted by molar-refractivity contribution is -0.142. The first kappa shape index (κ1) is 14.0. The molecule has 0 aromatic heterocycles. The molecule has 2 aliphatic rings. The first-order chi connectivity index (χ1) is 8.90. The first-order valence-electron chi connectivity index (χ1n) is 6.68. The molecule has 0 aromatic rings. The number of aliphatic hydroxyl groups excluding tert-OH is 1. The van der Waals surface area contributed by atoms with Crippen molar-refractivity contribution in [3.8, 4) is 0 Å². The van der Waals surface area contributed by atoms with Crippen LogP contribution in [0.25, 0.3) is 0 Å². The van der Waals surface area contributed by atoms with Gasteiger partial charge >= 0.3 is 5.97 Å². The van der Waals surface area contributed by atoms with E-state index in [0.717, 1.165) is 6.42 Å². The maximum absolute atomic E-state index is 11.9. The third kappa shape index (κ3) is 2.78. The highest BCUT2D eigenvalue weighted by molar-refractivity contribution is 5.95. The van der Waals surface area contributed by atoms with Crippen LogP contribution >= 0.6 is 0 Å². The molecule has 0 spiro atoms. The smallest absolute Gasteiger partial charge is 0.309 e. The van der Waals surface area contributed by atoms with E-state index in [1.165, 1.54) is 0 Å². The summed E-state index contributed by atoms with van der Waals surface area (Å²) in [4.78, 5) is 23.6. The zero-order valence-electron chi connectivity index (χ0n) is 11.4. The molecular weight excluding hydrogens is 244 g/mol. The number of esters is 1. The van der Waals surface area contributed by atoms with E-state index in [-0.39, 0.29) is 36.1 Å². The Kier molecular flexibility index (Phi) is 3.90. The number of hydrogen-bond acceptors (Lipinski definition) is 4. The van der Waals surface area contributed by atoms with E-state index >= 15 is 0 Å². The fourth-order valence-electron chi connectivity index (χ4n) is 2.70. The molecular formula is C15H20O4. The quantitative estimate of drug-likeness (QED) is 0.535. The van der Waals surface area contributed by atoms with E-state index in [1.807, 2.05) is 6.92 Å². The number of fused-ring (bicyclic) bond motifs is 1. The zero-order chi connectivity index (χ0) is 14.2. The van der Waals surface area contributed by atoms with Gasteiger partial charge in [-0.25, -0.2) is 0 Å². The monoisotopic (exact) mass is 264 g/mol. The van der Waals surface area contributed by atoms with Gasteiger partial charge in [0.05, 0.1) is 12.0 Å². The maximum Gasteiger partial charge on any atom is 0.309 e. The molecule has 4 atom stereocenters. The Labute approximate surface area is 113 Å². The van der Waals surface area contributed by atoms with Gasteiger partial charge in [-0.05, 0) is 37.0 Å². The molecule has 0 amide bonds. The number of carbonyl (C=O) groups is 2. The lowest BCUT2D eigenvalue weighted by Crippen LogP contribution is -2.23. The van der Waals surface area contributed by atoms with Crippen LogP contribution in [0.4, 0.5) is 0 Å². The minimum absolute atomic E-state index is 0.0531. The summed E-state index contributed by atoms with van der Waals surface area (Å²) >= 11 is 0. The van der Waals surface area contributed by atoms with E-state index in [9.17, 15) is 14.7 Å². The SMILES string of the molecule is C=C1CCC2C(C=C(C)C(=O)CC1O)OC(=O)C2C. The van der Waals surface area contributed by atoms with Crippen LogP contribution in [0, 0.1) is 11.8 Å². The van der Waals surface area contributed by atoms with E-state index in [1.54, 1.807) is 13.0 Å². The second kappa shape index (κ2) is 5.29. The normalized spacial score (nSPS) is 36.6. The van der Waals surface area contributed by atoms with Gasteiger partial charge in [-0.2, -0.15) is 0 Å². The van der Waals surface area contributed by atoms with Crippen molar-refractivity contribution < 1.29 is 19.4 Å². The molecule has 1 N–H and O–H groups in total. The van der Waals surface area contributed by atoms with Crippen LogP contribution in [0.2, 0.25) is 0 Å². The minimum Gasteiger partial charge on any atom is -0.458 e. The summed E-state index contributed by atoms with van der Waals surface area (Å²) < 4.78 is 5.33. The standard InChI is InChI=1S/C15H20O4/c1-8-4-5-11-10(3)15(18)19-14(11)6-9(2)13(17)7-12(8)16/h6,10-12,14,16H,1,4-5,7H2,2-3H3. The Hall–Kier alpha value is -1.42. The molecule has 2 rings (SSSR count). The van der Waals surface area contributed by atoms with Gasteiger partial charge in [0, 0.05) is 12.3 Å². The summed E-state index contributed by atoms with van der Waals surface area (Å²) in [5.41, 5.74) is 1.21. The van der Waals surface area contributed by atoms with Gasteiger partial charge in [-0.15, -0.1) is 0 Å². The number of aliphatic hydroxyl groups is 1. The lowest BCUT2D eigenvalue weighted by atomic mass is 9.83. The fourth-order valence-corrected chi connectivity index (χ4v) is 2.70. The van der Waals surface area contributed by atoms with Crippen molar-refractivity contribution in [2.24, 2.45) is 11.8 Å². The molecule has 4 heteroatoms. The van der Waals surface area contributed by atoms with Crippen molar-refractivity contribution in [2.45, 2.75) is 45.3 Å². The number of ether oxygens (including phenoxy) is 1. The molecule has 104 valence electrons. The molecule has 4 unspecified atom stereocenters. The molecule has 1 aliphatic carbocycles. The average molecular weight is 264 g/mol. The van der Waals surface area contributed by atoms with E-state index in [2.05, 4.69) is 6.58 Å². The molecule has 1 aliphatic heterocycles. The highest BCUT2D eigenvalue weighted by Gasteiger charge is 2.41. The predicted octanol–water partition coefficient (Wildman–Crippen LogP) is 1.78. The molecule has 4 nitrogen and oxygen atoms in total. The second-order valence-electron chi connectivity index (χ2n) is 5.54. The van der Waals surface area contributed by atoms with E-state index in [4.69, 9.17) is 4.74 Å². The van der Waals surface area contributed by atoms with Crippen LogP contribution < -0.4 is 0 Å². The van der Waals surface area contributed by atoms with Gasteiger partial charge < -0.3 is 9.84 Å². The van der Waals surface area contributed by atoms with Gasteiger partial charge in [0.1, 0.15) is 6.10 Å². The number of rotatable bonds is 0. The summed E-state index contributed by atoms with van der Waals surface area (Å²) in [6.07, 6.45) is 2.03. The summed E-state index contributed by atoms with van der Waals surface area (Å²) in [5.74, 6) is -0.451. The molecule has 0 saturated carbocycles. The third-order valence-corrected chi connectivity index (χ3v) is 4.19. The van der Waals surface area contributed by atoms with Crippen LogP contribution in [0.1, 0.15) is 33.1 Å². The number of hydrogen-bond donors (Lipinski definition) is 1. The van der Waals surface area contributed by atoms with Gasteiger partial charge in [0.25, 0.3) is 0 Å². The first-order valence-corrected chi connectivity index (χ1v) is 6.68. The van der Waals surface area contributed by atoms with E-state index < -0.39 is 6.10 Å². The molecule has 0 bridgehead atoms. The molecule has 1 fully saturated rings. The Balaban J connectivity index is 2.30. The summed E-state index contributed by atoms with van der Waals surface area (Å²) in [7, 11) is 0. The Bertz CT molecular complexity index is 449. The van der Waals surface area contributed by atoms with Crippen LogP contribution in [0.15, 0.2) is 23.8 Å². The highest BCUT2D eigenvalue weighted by atomic mass is 16.6. The van der Waals surface area contributed by atoms with Gasteiger partial charge in [-0.3, -0.25) is 9.59 Å². The molecule has 0 aromatic carbocycles. The number of ketones is 1. The van der Waals surface area contributed by atoms with Crippen LogP contribution in [-0.2, 0) is 14.3 Å². The zero-order valence-corrected chi connectivity index (χ0v) is 11.4. The second-order valence-corrected chi connectivity index (χ2v) is 5.54. The van der Waals surface area contributed by atoms with Crippen molar-refractivity contribution in [3.05, 3.63) is 23.8 Å². The number of allylic oxidation sites excluding steroid dienone is 1. The number of carbonyl (C=O) groups excluding carboxylic acids is 2. The fraction of sp³-hybridized carbons (Fsp3) is 0.600. The van der Waals surface area contributed by atoms with Gasteiger partial charge in [0.15, 0.2) is 5.78 Å². The van der Waals surface area contributed by atoms with Crippen molar-refractivity contribution in [2.75, 3.05) is 0 Å². The largest absolute Gasteiger partial charge is 0.458 e. The maximum atomic E-state index is 11.9. The van der Waals surface area contributed by atoms with Crippen LogP contribution in [0.5, 0.6) is 0 Å². The molecule has 19 heavy (non-hydrogen) atoms. The summed E-state index contributed by atoms with van der Waals surface area (Å²) in [6, 6.07) is 0. The average Bonchev–Trinajstić information content (AvgIpc) is 2.61. The van der Waals surface area contributed by atoms with Crippen LogP contribution in [-0.4, -0.2) is 29.1 Å². The lowest BCUT2D eigenvalue weighted by Gasteiger charge is -2.21. The highest BCUT2D eigenvalue weighted by Crippen LogP contribution is 2.35. The molecule has 1 heterocycles. The Morgan fingerprint density at radius 2 is 2.11 bits per heavy atom. The number of Topliss-reactive ketones (excluding diaryl/α,β-unsaturated/α-hetero) is 1. The van der Waals surface area contributed by atoms with E-state index in [0.29, 0.717) is 17.6 Å². The van der Waals surface area contributed by atoms with Crippen molar-refractivity contribution >= 4 is 11.8 Å². The van der Waals surface area contributed by atoms with Crippen molar-refractivity contribution in [1.82, 2.24) is 0 Å². The van der Waals surface area contributed by atoms with Gasteiger partial charge in [0.2, 0.25) is 0 Å². The Morgan fingerprint density at radius 3 is 2.79 bits per heavy atom. The van der Waals surface area contributed by atoms with Crippen LogP contribution in [0.3, 0.4) is 0 Å². The summed E-state index contributed by atoms with van der Waals surface area (Å²) in [6.45, 7) is 7.39. The topological polar surface area (TPSA) is 63.6 Å². The minimum atomic E-state index is -0.791. The predicted molar refractivity (Wildman–Crippen MR) is 70.3 cm³/mol. The third-order valence-electron chi connectivity index (χ3n) is 4.19.